The predicted octanol–water partition coefficient (Wildman–Crippen LogP) is 2.41. The maximum absolute atomic E-state index is 11.6. The Hall–Kier alpha value is -2.04. The number of primary amides is 1. The number of hydrogen-bond acceptors (Lipinski definition) is 2. The van der Waals surface area contributed by atoms with Crippen LogP contribution >= 0.6 is 0 Å². The van der Waals surface area contributed by atoms with Crippen LogP contribution in [-0.4, -0.2) is 18.5 Å². The van der Waals surface area contributed by atoms with E-state index in [1.807, 2.05) is 0 Å². The van der Waals surface area contributed by atoms with E-state index in [0.717, 1.165) is 24.8 Å². The smallest absolute Gasteiger partial charge is 0.319 e. The average molecular weight is 263 g/mol. The van der Waals surface area contributed by atoms with Crippen molar-refractivity contribution in [2.45, 2.75) is 33.1 Å². The molecule has 0 bridgehead atoms. The van der Waals surface area contributed by atoms with Crippen LogP contribution in [0.1, 0.15) is 42.1 Å². The quantitative estimate of drug-likeness (QED) is 0.688. The van der Waals surface area contributed by atoms with Gasteiger partial charge in [-0.15, -0.1) is 0 Å². The van der Waals surface area contributed by atoms with Gasteiger partial charge < -0.3 is 16.4 Å². The van der Waals surface area contributed by atoms with Crippen LogP contribution in [0, 0.1) is 6.92 Å². The number of carbonyl (C=O) groups is 2. The number of rotatable bonds is 6. The third-order valence-corrected chi connectivity index (χ3v) is 2.82. The second-order valence-electron chi connectivity index (χ2n) is 4.48. The molecule has 0 saturated heterocycles. The van der Waals surface area contributed by atoms with Gasteiger partial charge in [0.05, 0.1) is 0 Å². The number of benzene rings is 1. The second kappa shape index (κ2) is 7.41. The molecule has 5 heteroatoms. The zero-order valence-corrected chi connectivity index (χ0v) is 11.5. The van der Waals surface area contributed by atoms with Crippen LogP contribution in [0.15, 0.2) is 18.2 Å². The van der Waals surface area contributed by atoms with Gasteiger partial charge in [-0.2, -0.15) is 0 Å². The molecule has 19 heavy (non-hydrogen) atoms. The largest absolute Gasteiger partial charge is 0.366 e. The SMILES string of the molecule is CCCCCNC(=O)Nc1ccc(C(N)=O)c(C)c1. The highest BCUT2D eigenvalue weighted by Crippen LogP contribution is 2.14. The summed E-state index contributed by atoms with van der Waals surface area (Å²) in [5.74, 6) is -0.465. The van der Waals surface area contributed by atoms with Crippen LogP contribution in [-0.2, 0) is 0 Å². The highest BCUT2D eigenvalue weighted by atomic mass is 16.2. The van der Waals surface area contributed by atoms with Crippen molar-refractivity contribution in [2.75, 3.05) is 11.9 Å². The molecule has 0 spiro atoms. The summed E-state index contributed by atoms with van der Waals surface area (Å²) in [7, 11) is 0. The molecule has 1 aromatic carbocycles. The molecule has 5 nitrogen and oxygen atoms in total. The van der Waals surface area contributed by atoms with E-state index in [2.05, 4.69) is 17.6 Å². The maximum atomic E-state index is 11.6. The van der Waals surface area contributed by atoms with Gasteiger partial charge in [0, 0.05) is 17.8 Å². The summed E-state index contributed by atoms with van der Waals surface area (Å²) < 4.78 is 0. The molecule has 0 atom stereocenters. The Morgan fingerprint density at radius 1 is 1.26 bits per heavy atom. The van der Waals surface area contributed by atoms with Crippen molar-refractivity contribution in [3.8, 4) is 0 Å². The summed E-state index contributed by atoms with van der Waals surface area (Å²) in [6, 6.07) is 4.77. The van der Waals surface area contributed by atoms with Gasteiger partial charge in [0.2, 0.25) is 5.91 Å². The lowest BCUT2D eigenvalue weighted by molar-refractivity contribution is 0.0999. The van der Waals surface area contributed by atoms with Gasteiger partial charge in [-0.25, -0.2) is 4.79 Å². The van der Waals surface area contributed by atoms with Crippen LogP contribution < -0.4 is 16.4 Å². The Labute approximate surface area is 113 Å². The molecule has 0 radical (unpaired) electrons. The first-order valence-electron chi connectivity index (χ1n) is 6.50. The minimum absolute atomic E-state index is 0.234. The number of nitrogens with two attached hydrogens (primary N) is 1. The minimum atomic E-state index is -0.465. The van der Waals surface area contributed by atoms with Gasteiger partial charge in [-0.1, -0.05) is 19.8 Å². The number of hydrogen-bond donors (Lipinski definition) is 3. The Bertz CT molecular complexity index is 458. The van der Waals surface area contributed by atoms with E-state index in [1.165, 1.54) is 0 Å². The zero-order chi connectivity index (χ0) is 14.3. The molecule has 1 rings (SSSR count). The lowest BCUT2D eigenvalue weighted by Gasteiger charge is -2.09. The highest BCUT2D eigenvalue weighted by molar-refractivity contribution is 5.95. The van der Waals surface area contributed by atoms with Crippen molar-refractivity contribution in [3.05, 3.63) is 29.3 Å². The van der Waals surface area contributed by atoms with Gasteiger partial charge in [0.15, 0.2) is 0 Å². The van der Waals surface area contributed by atoms with Crippen molar-refractivity contribution >= 4 is 17.6 Å². The summed E-state index contributed by atoms with van der Waals surface area (Å²) in [5.41, 5.74) is 7.08. The van der Waals surface area contributed by atoms with E-state index in [0.29, 0.717) is 17.8 Å². The minimum Gasteiger partial charge on any atom is -0.366 e. The molecular weight excluding hydrogens is 242 g/mol. The number of aryl methyl sites for hydroxylation is 1. The molecule has 0 aliphatic heterocycles. The first-order chi connectivity index (χ1) is 9.04. The first kappa shape index (κ1) is 15.0. The van der Waals surface area contributed by atoms with Gasteiger partial charge in [-0.05, 0) is 37.1 Å². The van der Waals surface area contributed by atoms with E-state index in [1.54, 1.807) is 25.1 Å². The Morgan fingerprint density at radius 2 is 2.00 bits per heavy atom. The van der Waals surface area contributed by atoms with Crippen molar-refractivity contribution in [1.82, 2.24) is 5.32 Å². The summed E-state index contributed by atoms with van der Waals surface area (Å²) in [5, 5.41) is 5.50. The lowest BCUT2D eigenvalue weighted by atomic mass is 10.1. The molecule has 0 fully saturated rings. The molecule has 4 N–H and O–H groups in total. The molecule has 104 valence electrons. The summed E-state index contributed by atoms with van der Waals surface area (Å²) in [6.45, 7) is 4.56. The number of amides is 3. The summed E-state index contributed by atoms with van der Waals surface area (Å²) in [4.78, 5) is 22.7. The van der Waals surface area contributed by atoms with Gasteiger partial charge in [0.25, 0.3) is 0 Å². The average Bonchev–Trinajstić information content (AvgIpc) is 2.34. The third kappa shape index (κ3) is 4.99. The fourth-order valence-corrected chi connectivity index (χ4v) is 1.77. The topological polar surface area (TPSA) is 84.2 Å². The Kier molecular flexibility index (Phi) is 5.85. The maximum Gasteiger partial charge on any atom is 0.319 e. The fourth-order valence-electron chi connectivity index (χ4n) is 1.77. The Balaban J connectivity index is 2.51. The molecule has 1 aromatic rings. The molecular formula is C14H21N3O2. The van der Waals surface area contributed by atoms with Crippen LogP contribution in [0.2, 0.25) is 0 Å². The van der Waals surface area contributed by atoms with E-state index >= 15 is 0 Å². The predicted molar refractivity (Wildman–Crippen MR) is 76.2 cm³/mol. The number of carbonyl (C=O) groups excluding carboxylic acids is 2. The molecule has 0 saturated carbocycles. The third-order valence-electron chi connectivity index (χ3n) is 2.82. The summed E-state index contributed by atoms with van der Waals surface area (Å²) in [6.07, 6.45) is 3.20. The molecule has 3 amide bonds. The zero-order valence-electron chi connectivity index (χ0n) is 11.5. The van der Waals surface area contributed by atoms with Crippen molar-refractivity contribution in [1.29, 1.82) is 0 Å². The van der Waals surface area contributed by atoms with E-state index < -0.39 is 5.91 Å². The van der Waals surface area contributed by atoms with Crippen LogP contribution in [0.3, 0.4) is 0 Å². The number of nitrogens with one attached hydrogen (secondary N) is 2. The molecule has 0 aromatic heterocycles. The first-order valence-corrected chi connectivity index (χ1v) is 6.50. The van der Waals surface area contributed by atoms with Crippen molar-refractivity contribution < 1.29 is 9.59 Å². The number of unbranched alkanes of at least 4 members (excludes halogenated alkanes) is 2. The van der Waals surface area contributed by atoms with Crippen molar-refractivity contribution in [3.63, 3.8) is 0 Å². The summed E-state index contributed by atoms with van der Waals surface area (Å²) >= 11 is 0. The Morgan fingerprint density at radius 3 is 2.58 bits per heavy atom. The standard InChI is InChI=1S/C14H21N3O2/c1-3-4-5-8-16-14(19)17-11-6-7-12(13(15)18)10(2)9-11/h6-7,9H,3-5,8H2,1-2H3,(H2,15,18)(H2,16,17,19). The number of urea groups is 1. The molecule has 0 aliphatic rings. The van der Waals surface area contributed by atoms with Gasteiger partial charge >= 0.3 is 6.03 Å². The van der Waals surface area contributed by atoms with Crippen LogP contribution in [0.5, 0.6) is 0 Å². The van der Waals surface area contributed by atoms with Gasteiger partial charge in [-0.3, -0.25) is 4.79 Å². The van der Waals surface area contributed by atoms with E-state index in [4.69, 9.17) is 5.73 Å². The lowest BCUT2D eigenvalue weighted by Crippen LogP contribution is -2.29. The van der Waals surface area contributed by atoms with Crippen LogP contribution in [0.4, 0.5) is 10.5 Å². The second-order valence-corrected chi connectivity index (χ2v) is 4.48. The van der Waals surface area contributed by atoms with E-state index in [9.17, 15) is 9.59 Å². The monoisotopic (exact) mass is 263 g/mol. The van der Waals surface area contributed by atoms with E-state index in [-0.39, 0.29) is 6.03 Å². The molecule has 0 aliphatic carbocycles. The molecule has 0 unspecified atom stereocenters. The normalized spacial score (nSPS) is 10.0. The fraction of sp³-hybridized carbons (Fsp3) is 0.429. The van der Waals surface area contributed by atoms with Gasteiger partial charge in [0.1, 0.15) is 0 Å². The number of anilines is 1. The molecule has 0 heterocycles. The highest BCUT2D eigenvalue weighted by Gasteiger charge is 2.06. The van der Waals surface area contributed by atoms with Crippen molar-refractivity contribution in [2.24, 2.45) is 5.73 Å². The van der Waals surface area contributed by atoms with Crippen LogP contribution in [0.25, 0.3) is 0 Å².